The van der Waals surface area contributed by atoms with Crippen LogP contribution in [0.5, 0.6) is 0 Å². The van der Waals surface area contributed by atoms with E-state index in [-0.39, 0.29) is 52.2 Å². The number of carbonyl (C=O) groups is 1. The third-order valence-electron chi connectivity index (χ3n) is 4.71. The number of halogens is 3. The maximum absolute atomic E-state index is 13.6. The second-order valence-electron chi connectivity index (χ2n) is 6.59. The number of sulfonamides is 1. The zero-order valence-electron chi connectivity index (χ0n) is 14.9. The Morgan fingerprint density at radius 3 is 2.32 bits per heavy atom. The highest BCUT2D eigenvalue weighted by Gasteiger charge is 2.32. The highest BCUT2D eigenvalue weighted by atomic mass is 35.5. The summed E-state index contributed by atoms with van der Waals surface area (Å²) in [7, 11) is -3.73. The molecule has 0 spiro atoms. The van der Waals surface area contributed by atoms with Crippen LogP contribution < -0.4 is 5.32 Å². The molecule has 0 aromatic heterocycles. The fraction of sp³-hybridized carbons (Fsp3) is 0.316. The van der Waals surface area contributed by atoms with Crippen molar-refractivity contribution in [3.63, 3.8) is 0 Å². The fourth-order valence-corrected chi connectivity index (χ4v) is 5.35. The van der Waals surface area contributed by atoms with Gasteiger partial charge < -0.3 is 5.32 Å². The van der Waals surface area contributed by atoms with E-state index in [1.165, 1.54) is 28.6 Å². The zero-order chi connectivity index (χ0) is 20.3. The number of benzene rings is 2. The SMILES string of the molecule is O=C(NCc1ccccc1F)C1CCN(S(=O)(=O)c2cc(Cl)cc(Cl)c2)CC1. The molecule has 0 atom stereocenters. The van der Waals surface area contributed by atoms with Crippen molar-refractivity contribution in [3.05, 3.63) is 63.9 Å². The lowest BCUT2D eigenvalue weighted by atomic mass is 9.97. The Labute approximate surface area is 173 Å². The number of piperidine rings is 1. The van der Waals surface area contributed by atoms with Crippen molar-refractivity contribution in [3.8, 4) is 0 Å². The molecule has 1 fully saturated rings. The van der Waals surface area contributed by atoms with E-state index >= 15 is 0 Å². The van der Waals surface area contributed by atoms with Crippen molar-refractivity contribution in [2.45, 2.75) is 24.3 Å². The van der Waals surface area contributed by atoms with Crippen LogP contribution in [0.1, 0.15) is 18.4 Å². The second kappa shape index (κ2) is 8.78. The van der Waals surface area contributed by atoms with Gasteiger partial charge in [0.05, 0.1) is 4.90 Å². The van der Waals surface area contributed by atoms with E-state index in [2.05, 4.69) is 5.32 Å². The molecule has 1 heterocycles. The van der Waals surface area contributed by atoms with Crippen LogP contribution in [0.25, 0.3) is 0 Å². The van der Waals surface area contributed by atoms with Crippen LogP contribution in [-0.2, 0) is 21.4 Å². The van der Waals surface area contributed by atoms with Crippen molar-refractivity contribution in [2.24, 2.45) is 5.92 Å². The predicted molar refractivity (Wildman–Crippen MR) is 106 cm³/mol. The monoisotopic (exact) mass is 444 g/mol. The number of rotatable bonds is 5. The lowest BCUT2D eigenvalue weighted by Crippen LogP contribution is -2.42. The molecular weight excluding hydrogens is 426 g/mol. The number of nitrogens with one attached hydrogen (secondary N) is 1. The molecule has 150 valence electrons. The van der Waals surface area contributed by atoms with Crippen molar-refractivity contribution in [2.75, 3.05) is 13.1 Å². The van der Waals surface area contributed by atoms with Crippen molar-refractivity contribution in [1.29, 1.82) is 0 Å². The number of hydrogen-bond donors (Lipinski definition) is 1. The van der Waals surface area contributed by atoms with Crippen molar-refractivity contribution < 1.29 is 17.6 Å². The molecule has 1 saturated heterocycles. The minimum absolute atomic E-state index is 0.0347. The van der Waals surface area contributed by atoms with Crippen LogP contribution in [-0.4, -0.2) is 31.7 Å². The molecule has 1 aliphatic rings. The second-order valence-corrected chi connectivity index (χ2v) is 9.40. The highest BCUT2D eigenvalue weighted by molar-refractivity contribution is 7.89. The largest absolute Gasteiger partial charge is 0.352 e. The molecular formula is C19H19Cl2FN2O3S. The van der Waals surface area contributed by atoms with Gasteiger partial charge in [0.15, 0.2) is 0 Å². The summed E-state index contributed by atoms with van der Waals surface area (Å²) in [6.07, 6.45) is 0.771. The van der Waals surface area contributed by atoms with E-state index < -0.39 is 10.0 Å². The molecule has 1 N–H and O–H groups in total. The van der Waals surface area contributed by atoms with Gasteiger partial charge in [0.1, 0.15) is 5.82 Å². The Hall–Kier alpha value is -1.67. The van der Waals surface area contributed by atoms with Crippen LogP contribution >= 0.6 is 23.2 Å². The van der Waals surface area contributed by atoms with Gasteiger partial charge in [-0.2, -0.15) is 4.31 Å². The van der Waals surface area contributed by atoms with Gasteiger partial charge in [0, 0.05) is 41.2 Å². The maximum atomic E-state index is 13.6. The molecule has 1 aliphatic heterocycles. The Bertz CT molecular complexity index is 957. The van der Waals surface area contributed by atoms with Gasteiger partial charge in [-0.25, -0.2) is 12.8 Å². The standard InChI is InChI=1S/C19H19Cl2FN2O3S/c20-15-9-16(21)11-17(10-15)28(26,27)24-7-5-13(6-8-24)19(25)23-12-14-3-1-2-4-18(14)22/h1-4,9-11,13H,5-8,12H2,(H,23,25). The van der Waals surface area contributed by atoms with Crippen LogP contribution in [0.2, 0.25) is 10.0 Å². The van der Waals surface area contributed by atoms with Crippen LogP contribution in [0.15, 0.2) is 47.4 Å². The summed E-state index contributed by atoms with van der Waals surface area (Å²) in [6, 6.07) is 10.4. The van der Waals surface area contributed by atoms with Crippen LogP contribution in [0.3, 0.4) is 0 Å². The van der Waals surface area contributed by atoms with Gasteiger partial charge in [0.25, 0.3) is 0 Å². The van der Waals surface area contributed by atoms with E-state index in [0.717, 1.165) is 0 Å². The van der Waals surface area contributed by atoms with Gasteiger partial charge >= 0.3 is 0 Å². The summed E-state index contributed by atoms with van der Waals surface area (Å²) in [6.45, 7) is 0.527. The number of carbonyl (C=O) groups excluding carboxylic acids is 1. The van der Waals surface area contributed by atoms with Crippen LogP contribution in [0, 0.1) is 11.7 Å². The van der Waals surface area contributed by atoms with Gasteiger partial charge in [-0.15, -0.1) is 0 Å². The average molecular weight is 445 g/mol. The quantitative estimate of drug-likeness (QED) is 0.761. The summed E-state index contributed by atoms with van der Waals surface area (Å²) in [5.41, 5.74) is 0.411. The van der Waals surface area contributed by atoms with Crippen LogP contribution in [0.4, 0.5) is 4.39 Å². The van der Waals surface area contributed by atoms with E-state index in [0.29, 0.717) is 18.4 Å². The normalized spacial score (nSPS) is 16.1. The summed E-state index contributed by atoms with van der Waals surface area (Å²) >= 11 is 11.8. The van der Waals surface area contributed by atoms with E-state index in [1.54, 1.807) is 18.2 Å². The van der Waals surface area contributed by atoms with E-state index in [4.69, 9.17) is 23.2 Å². The van der Waals surface area contributed by atoms with E-state index in [1.807, 2.05) is 0 Å². The summed E-state index contributed by atoms with van der Waals surface area (Å²) in [5.74, 6) is -0.892. The Morgan fingerprint density at radius 1 is 1.11 bits per heavy atom. The smallest absolute Gasteiger partial charge is 0.243 e. The minimum Gasteiger partial charge on any atom is -0.352 e. The Balaban J connectivity index is 1.59. The summed E-state index contributed by atoms with van der Waals surface area (Å²) in [5, 5.41) is 3.22. The molecule has 2 aromatic rings. The molecule has 28 heavy (non-hydrogen) atoms. The molecule has 9 heteroatoms. The van der Waals surface area contributed by atoms with Crippen molar-refractivity contribution in [1.82, 2.24) is 9.62 Å². The molecule has 0 saturated carbocycles. The average Bonchev–Trinajstić information content (AvgIpc) is 2.66. The van der Waals surface area contributed by atoms with Crippen molar-refractivity contribution >= 4 is 39.1 Å². The molecule has 0 unspecified atom stereocenters. The first-order chi connectivity index (χ1) is 13.3. The number of hydrogen-bond acceptors (Lipinski definition) is 3. The molecule has 2 aromatic carbocycles. The molecule has 5 nitrogen and oxygen atoms in total. The molecule has 0 aliphatic carbocycles. The number of amides is 1. The van der Waals surface area contributed by atoms with Gasteiger partial charge in [0.2, 0.25) is 15.9 Å². The zero-order valence-corrected chi connectivity index (χ0v) is 17.2. The summed E-state index contributed by atoms with van der Waals surface area (Å²) < 4.78 is 40.5. The fourth-order valence-electron chi connectivity index (χ4n) is 3.15. The first-order valence-electron chi connectivity index (χ1n) is 8.75. The molecule has 0 bridgehead atoms. The first kappa shape index (κ1) is 21.0. The van der Waals surface area contributed by atoms with Gasteiger partial charge in [-0.1, -0.05) is 41.4 Å². The predicted octanol–water partition coefficient (Wildman–Crippen LogP) is 3.85. The highest BCUT2D eigenvalue weighted by Crippen LogP contribution is 2.28. The number of nitrogens with zero attached hydrogens (tertiary/aromatic N) is 1. The lowest BCUT2D eigenvalue weighted by Gasteiger charge is -2.30. The third kappa shape index (κ3) is 4.84. The Morgan fingerprint density at radius 2 is 1.71 bits per heavy atom. The molecule has 3 rings (SSSR count). The summed E-state index contributed by atoms with van der Waals surface area (Å²) in [4.78, 5) is 12.4. The maximum Gasteiger partial charge on any atom is 0.243 e. The van der Waals surface area contributed by atoms with Gasteiger partial charge in [-0.3, -0.25) is 4.79 Å². The van der Waals surface area contributed by atoms with Gasteiger partial charge in [-0.05, 0) is 37.1 Å². The first-order valence-corrected chi connectivity index (χ1v) is 10.9. The van der Waals surface area contributed by atoms with E-state index in [9.17, 15) is 17.6 Å². The minimum atomic E-state index is -3.73. The molecule has 1 amide bonds. The third-order valence-corrected chi connectivity index (χ3v) is 7.02. The topological polar surface area (TPSA) is 66.5 Å². The Kier molecular flexibility index (Phi) is 6.60. The molecule has 0 radical (unpaired) electrons. The lowest BCUT2D eigenvalue weighted by molar-refractivity contribution is -0.126.